The van der Waals surface area contributed by atoms with Crippen molar-refractivity contribution in [1.82, 2.24) is 9.88 Å². The van der Waals surface area contributed by atoms with Gasteiger partial charge in [-0.25, -0.2) is 0 Å². The number of hydrogen-bond acceptors (Lipinski definition) is 3. The van der Waals surface area contributed by atoms with Crippen molar-refractivity contribution >= 4 is 17.2 Å². The predicted molar refractivity (Wildman–Crippen MR) is 85.3 cm³/mol. The van der Waals surface area contributed by atoms with Crippen LogP contribution in [-0.2, 0) is 17.6 Å². The smallest absolute Gasteiger partial charge is 0.227 e. The lowest BCUT2D eigenvalue weighted by Crippen LogP contribution is -2.39. The quantitative estimate of drug-likeness (QED) is 0.869. The van der Waals surface area contributed by atoms with Crippen LogP contribution >= 0.6 is 11.3 Å². The first kappa shape index (κ1) is 14.3. The minimum absolute atomic E-state index is 0.278. The molecule has 1 amide bonds. The molecule has 0 bridgehead atoms. The van der Waals surface area contributed by atoms with Gasteiger partial charge in [0.25, 0.3) is 0 Å². The Kier molecular flexibility index (Phi) is 4.65. The van der Waals surface area contributed by atoms with Gasteiger partial charge < -0.3 is 4.90 Å². The van der Waals surface area contributed by atoms with Gasteiger partial charge in [0, 0.05) is 30.4 Å². The Hall–Kier alpha value is -1.68. The molecule has 2 aromatic heterocycles. The highest BCUT2D eigenvalue weighted by molar-refractivity contribution is 7.10. The Morgan fingerprint density at radius 3 is 2.67 bits per heavy atom. The monoisotopic (exact) mass is 300 g/mol. The maximum Gasteiger partial charge on any atom is 0.227 e. The van der Waals surface area contributed by atoms with Gasteiger partial charge in [-0.1, -0.05) is 6.07 Å². The van der Waals surface area contributed by atoms with E-state index in [-0.39, 0.29) is 5.91 Å². The number of carbonyl (C=O) groups excluding carboxylic acids is 1. The summed E-state index contributed by atoms with van der Waals surface area (Å²) in [6.07, 6.45) is 7.60. The minimum Gasteiger partial charge on any atom is -0.342 e. The van der Waals surface area contributed by atoms with Crippen LogP contribution in [0.2, 0.25) is 0 Å². The van der Waals surface area contributed by atoms with Gasteiger partial charge >= 0.3 is 0 Å². The number of amides is 1. The molecular weight excluding hydrogens is 280 g/mol. The standard InChI is InChI=1S/C17H20N2OS/c20-17(13-16-2-1-11-21-16)19-9-5-15(6-10-19)12-14-3-7-18-8-4-14/h1-4,7-8,11,15H,5-6,9-10,12-13H2. The van der Waals surface area contributed by atoms with Crippen molar-refractivity contribution in [2.45, 2.75) is 25.7 Å². The highest BCUT2D eigenvalue weighted by Crippen LogP contribution is 2.22. The van der Waals surface area contributed by atoms with Crippen molar-refractivity contribution in [2.24, 2.45) is 5.92 Å². The number of carbonyl (C=O) groups is 1. The molecule has 3 rings (SSSR count). The first-order valence-electron chi connectivity index (χ1n) is 7.50. The van der Waals surface area contributed by atoms with Gasteiger partial charge in [0.2, 0.25) is 5.91 Å². The van der Waals surface area contributed by atoms with Gasteiger partial charge in [-0.05, 0) is 54.3 Å². The maximum absolute atomic E-state index is 12.3. The molecule has 4 heteroatoms. The van der Waals surface area contributed by atoms with Crippen LogP contribution in [0.4, 0.5) is 0 Å². The van der Waals surface area contributed by atoms with Crippen molar-refractivity contribution in [3.8, 4) is 0 Å². The predicted octanol–water partition coefficient (Wildman–Crippen LogP) is 3.17. The molecule has 0 aliphatic carbocycles. The summed E-state index contributed by atoms with van der Waals surface area (Å²) in [5.74, 6) is 0.970. The van der Waals surface area contributed by atoms with Gasteiger partial charge in [-0.2, -0.15) is 0 Å². The molecule has 3 nitrogen and oxygen atoms in total. The minimum atomic E-state index is 0.278. The third-order valence-electron chi connectivity index (χ3n) is 4.15. The van der Waals surface area contributed by atoms with Crippen molar-refractivity contribution in [1.29, 1.82) is 0 Å². The average molecular weight is 300 g/mol. The molecule has 0 spiro atoms. The molecule has 1 aliphatic heterocycles. The number of hydrogen-bond donors (Lipinski definition) is 0. The van der Waals surface area contributed by atoms with Crippen LogP contribution in [0.25, 0.3) is 0 Å². The van der Waals surface area contributed by atoms with Crippen LogP contribution in [0.5, 0.6) is 0 Å². The number of piperidine rings is 1. The zero-order valence-electron chi connectivity index (χ0n) is 12.1. The SMILES string of the molecule is O=C(Cc1cccs1)N1CCC(Cc2ccncc2)CC1. The Morgan fingerprint density at radius 2 is 2.00 bits per heavy atom. The summed E-state index contributed by atoms with van der Waals surface area (Å²) in [7, 11) is 0. The summed E-state index contributed by atoms with van der Waals surface area (Å²) in [4.78, 5) is 19.5. The largest absolute Gasteiger partial charge is 0.342 e. The molecule has 2 aromatic rings. The number of aromatic nitrogens is 1. The van der Waals surface area contributed by atoms with E-state index in [9.17, 15) is 4.79 Å². The molecule has 1 saturated heterocycles. The van der Waals surface area contributed by atoms with E-state index >= 15 is 0 Å². The number of likely N-dealkylation sites (tertiary alicyclic amines) is 1. The molecule has 0 N–H and O–H groups in total. The average Bonchev–Trinajstić information content (AvgIpc) is 3.02. The highest BCUT2D eigenvalue weighted by atomic mass is 32.1. The van der Waals surface area contributed by atoms with Gasteiger partial charge in [-0.3, -0.25) is 9.78 Å². The topological polar surface area (TPSA) is 33.2 Å². The fourth-order valence-electron chi connectivity index (χ4n) is 2.91. The molecule has 21 heavy (non-hydrogen) atoms. The maximum atomic E-state index is 12.3. The number of thiophene rings is 1. The number of nitrogens with zero attached hydrogens (tertiary/aromatic N) is 2. The summed E-state index contributed by atoms with van der Waals surface area (Å²) in [5.41, 5.74) is 1.35. The van der Waals surface area contributed by atoms with E-state index in [1.165, 1.54) is 10.4 Å². The summed E-state index contributed by atoms with van der Waals surface area (Å²) in [6.45, 7) is 1.81. The highest BCUT2D eigenvalue weighted by Gasteiger charge is 2.23. The van der Waals surface area contributed by atoms with Crippen LogP contribution in [0, 0.1) is 5.92 Å². The molecule has 0 unspecified atom stereocenters. The molecule has 0 saturated carbocycles. The second-order valence-electron chi connectivity index (χ2n) is 5.64. The zero-order valence-corrected chi connectivity index (χ0v) is 12.9. The van der Waals surface area contributed by atoms with E-state index in [1.807, 2.05) is 34.8 Å². The Bertz CT molecular complexity index is 560. The third kappa shape index (κ3) is 3.91. The van der Waals surface area contributed by atoms with E-state index in [0.717, 1.165) is 32.4 Å². The normalized spacial score (nSPS) is 16.1. The van der Waals surface area contributed by atoms with E-state index in [2.05, 4.69) is 17.1 Å². The number of rotatable bonds is 4. The fourth-order valence-corrected chi connectivity index (χ4v) is 3.61. The van der Waals surface area contributed by atoms with E-state index in [1.54, 1.807) is 11.3 Å². The summed E-state index contributed by atoms with van der Waals surface area (Å²) in [5, 5.41) is 2.03. The van der Waals surface area contributed by atoms with Crippen LogP contribution < -0.4 is 0 Å². The molecule has 3 heterocycles. The summed E-state index contributed by atoms with van der Waals surface area (Å²) >= 11 is 1.66. The van der Waals surface area contributed by atoms with Crippen LogP contribution in [0.3, 0.4) is 0 Å². The van der Waals surface area contributed by atoms with Crippen LogP contribution in [0.1, 0.15) is 23.3 Å². The van der Waals surface area contributed by atoms with Crippen LogP contribution in [-0.4, -0.2) is 28.9 Å². The first-order chi connectivity index (χ1) is 10.3. The molecule has 1 aliphatic rings. The Morgan fingerprint density at radius 1 is 1.24 bits per heavy atom. The van der Waals surface area contributed by atoms with Crippen molar-refractivity contribution in [2.75, 3.05) is 13.1 Å². The van der Waals surface area contributed by atoms with E-state index < -0.39 is 0 Å². The zero-order chi connectivity index (χ0) is 14.5. The molecular formula is C17H20N2OS. The molecule has 0 atom stereocenters. The lowest BCUT2D eigenvalue weighted by molar-refractivity contribution is -0.131. The van der Waals surface area contributed by atoms with Gasteiger partial charge in [0.15, 0.2) is 0 Å². The van der Waals surface area contributed by atoms with Crippen molar-refractivity contribution < 1.29 is 4.79 Å². The number of pyridine rings is 1. The van der Waals surface area contributed by atoms with E-state index in [0.29, 0.717) is 12.3 Å². The fraction of sp³-hybridized carbons (Fsp3) is 0.412. The summed E-state index contributed by atoms with van der Waals surface area (Å²) < 4.78 is 0. The molecule has 1 fully saturated rings. The van der Waals surface area contributed by atoms with Crippen molar-refractivity contribution in [3.05, 3.63) is 52.5 Å². The Balaban J connectivity index is 1.47. The van der Waals surface area contributed by atoms with Gasteiger partial charge in [0.1, 0.15) is 0 Å². The lowest BCUT2D eigenvalue weighted by atomic mass is 9.90. The first-order valence-corrected chi connectivity index (χ1v) is 8.38. The lowest BCUT2D eigenvalue weighted by Gasteiger charge is -2.32. The molecule has 110 valence electrons. The van der Waals surface area contributed by atoms with Crippen LogP contribution in [0.15, 0.2) is 42.0 Å². The van der Waals surface area contributed by atoms with Gasteiger partial charge in [-0.15, -0.1) is 11.3 Å². The summed E-state index contributed by atoms with van der Waals surface area (Å²) in [6, 6.07) is 8.23. The molecule has 0 aromatic carbocycles. The second kappa shape index (κ2) is 6.85. The molecule has 0 radical (unpaired) electrons. The second-order valence-corrected chi connectivity index (χ2v) is 6.67. The third-order valence-corrected chi connectivity index (χ3v) is 5.02. The van der Waals surface area contributed by atoms with Crippen molar-refractivity contribution in [3.63, 3.8) is 0 Å². The van der Waals surface area contributed by atoms with E-state index in [4.69, 9.17) is 0 Å². The Labute approximate surface area is 129 Å². The van der Waals surface area contributed by atoms with Gasteiger partial charge in [0.05, 0.1) is 6.42 Å².